The van der Waals surface area contributed by atoms with E-state index in [4.69, 9.17) is 33.5 Å². The van der Waals surface area contributed by atoms with Gasteiger partial charge in [-0.2, -0.15) is 0 Å². The molecule has 2 aromatic carbocycles. The first-order chi connectivity index (χ1) is 16.2. The first-order valence-electron chi connectivity index (χ1n) is 11.2. The van der Waals surface area contributed by atoms with Gasteiger partial charge in [0, 0.05) is 20.1 Å². The number of aliphatic hydroxyl groups excluding tert-OH is 2. The molecule has 0 saturated carbocycles. The predicted octanol–water partition coefficient (Wildman–Crippen LogP) is 2.43. The molecule has 2 N–H and O–H groups in total. The minimum atomic E-state index is -0.722. The maximum absolute atomic E-state index is 10.00. The molecule has 0 aliphatic heterocycles. The average molecular weight is 465 g/mol. The van der Waals surface area contributed by atoms with E-state index in [9.17, 15) is 5.11 Å². The molecule has 0 aliphatic carbocycles. The van der Waals surface area contributed by atoms with Gasteiger partial charge in [0.25, 0.3) is 0 Å². The summed E-state index contributed by atoms with van der Waals surface area (Å²) in [5.41, 5.74) is 2.34. The van der Waals surface area contributed by atoms with Crippen molar-refractivity contribution in [3.05, 3.63) is 59.7 Å². The van der Waals surface area contributed by atoms with Crippen molar-refractivity contribution < 1.29 is 38.6 Å². The van der Waals surface area contributed by atoms with Crippen LogP contribution in [0.2, 0.25) is 0 Å². The highest BCUT2D eigenvalue weighted by atomic mass is 16.7. The van der Waals surface area contributed by atoms with Crippen LogP contribution in [0, 0.1) is 0 Å². The molecule has 8 heteroatoms. The zero-order chi connectivity index (χ0) is 23.6. The highest BCUT2D eigenvalue weighted by molar-refractivity contribution is 5.34. The minimum absolute atomic E-state index is 0.131. The van der Waals surface area contributed by atoms with E-state index in [1.165, 1.54) is 5.56 Å². The van der Waals surface area contributed by atoms with E-state index < -0.39 is 6.10 Å². The Balaban J connectivity index is 1.58. The fraction of sp³-hybridized carbons (Fsp3) is 0.520. The van der Waals surface area contributed by atoms with Gasteiger partial charge < -0.3 is 38.6 Å². The molecule has 0 spiro atoms. The molecule has 8 nitrogen and oxygen atoms in total. The van der Waals surface area contributed by atoms with Gasteiger partial charge >= 0.3 is 0 Å². The number of ether oxygens (including phenoxy) is 6. The van der Waals surface area contributed by atoms with Crippen molar-refractivity contribution in [2.45, 2.75) is 18.9 Å². The lowest BCUT2D eigenvalue weighted by Crippen LogP contribution is -2.24. The molecule has 0 bridgehead atoms. The second-order valence-electron chi connectivity index (χ2n) is 7.36. The SMILES string of the molecule is COCCOCOCCOCC(O)COc1ccc(Cc2ccc(OCCCO)cc2)cc1. The third-order valence-electron chi connectivity index (χ3n) is 4.55. The molecular weight excluding hydrogens is 428 g/mol. The molecule has 2 aromatic rings. The summed E-state index contributed by atoms with van der Waals surface area (Å²) >= 11 is 0. The smallest absolute Gasteiger partial charge is 0.146 e. The zero-order valence-electron chi connectivity index (χ0n) is 19.3. The van der Waals surface area contributed by atoms with Gasteiger partial charge in [0.1, 0.15) is 31.0 Å². The van der Waals surface area contributed by atoms with E-state index in [2.05, 4.69) is 0 Å². The molecular formula is C25H36O8. The first kappa shape index (κ1) is 27.0. The van der Waals surface area contributed by atoms with Crippen LogP contribution in [0.15, 0.2) is 48.5 Å². The Morgan fingerprint density at radius 3 is 1.88 bits per heavy atom. The van der Waals surface area contributed by atoms with Gasteiger partial charge in [-0.15, -0.1) is 0 Å². The summed E-state index contributed by atoms with van der Waals surface area (Å²) in [6, 6.07) is 15.8. The van der Waals surface area contributed by atoms with Gasteiger partial charge in [-0.25, -0.2) is 0 Å². The molecule has 0 amide bonds. The number of hydrogen-bond donors (Lipinski definition) is 2. The number of benzene rings is 2. The van der Waals surface area contributed by atoms with Gasteiger partial charge in [-0.3, -0.25) is 0 Å². The van der Waals surface area contributed by atoms with Gasteiger partial charge in [0.2, 0.25) is 0 Å². The van der Waals surface area contributed by atoms with Gasteiger partial charge in [-0.05, 0) is 41.8 Å². The lowest BCUT2D eigenvalue weighted by molar-refractivity contribution is -0.0840. The number of aliphatic hydroxyl groups is 2. The summed E-state index contributed by atoms with van der Waals surface area (Å²) in [6.45, 7) is 2.94. The molecule has 0 radical (unpaired) electrons. The van der Waals surface area contributed by atoms with Crippen LogP contribution in [0.3, 0.4) is 0 Å². The molecule has 184 valence electrons. The van der Waals surface area contributed by atoms with E-state index in [0.717, 1.165) is 17.7 Å². The zero-order valence-corrected chi connectivity index (χ0v) is 19.3. The lowest BCUT2D eigenvalue weighted by atomic mass is 10.0. The summed E-state index contributed by atoms with van der Waals surface area (Å²) in [5.74, 6) is 1.50. The second-order valence-corrected chi connectivity index (χ2v) is 7.36. The lowest BCUT2D eigenvalue weighted by Gasteiger charge is -2.13. The van der Waals surface area contributed by atoms with E-state index in [-0.39, 0.29) is 26.6 Å². The Morgan fingerprint density at radius 1 is 0.697 bits per heavy atom. The first-order valence-corrected chi connectivity index (χ1v) is 11.2. The maximum Gasteiger partial charge on any atom is 0.146 e. The van der Waals surface area contributed by atoms with Crippen molar-refractivity contribution in [1.29, 1.82) is 0 Å². The normalized spacial score (nSPS) is 12.0. The van der Waals surface area contributed by atoms with Crippen LogP contribution >= 0.6 is 0 Å². The van der Waals surface area contributed by atoms with Gasteiger partial charge in [0.05, 0.1) is 39.6 Å². The number of hydrogen-bond acceptors (Lipinski definition) is 8. The number of methoxy groups -OCH3 is 1. The Hall–Kier alpha value is -2.20. The summed E-state index contributed by atoms with van der Waals surface area (Å²) < 4.78 is 31.8. The van der Waals surface area contributed by atoms with Gasteiger partial charge in [0.15, 0.2) is 0 Å². The molecule has 2 rings (SSSR count). The maximum atomic E-state index is 10.00. The van der Waals surface area contributed by atoms with Crippen LogP contribution in [0.4, 0.5) is 0 Å². The summed E-state index contributed by atoms with van der Waals surface area (Å²) in [5, 5.41) is 18.8. The van der Waals surface area contributed by atoms with Crippen molar-refractivity contribution in [3.8, 4) is 11.5 Å². The molecule has 0 fully saturated rings. The molecule has 33 heavy (non-hydrogen) atoms. The quantitative estimate of drug-likeness (QED) is 0.242. The average Bonchev–Trinajstić information content (AvgIpc) is 2.84. The van der Waals surface area contributed by atoms with Crippen LogP contribution < -0.4 is 9.47 Å². The Morgan fingerprint density at radius 2 is 1.27 bits per heavy atom. The van der Waals surface area contributed by atoms with Crippen LogP contribution in [-0.4, -0.2) is 83.1 Å². The van der Waals surface area contributed by atoms with Crippen LogP contribution in [0.25, 0.3) is 0 Å². The predicted molar refractivity (Wildman–Crippen MR) is 124 cm³/mol. The van der Waals surface area contributed by atoms with E-state index >= 15 is 0 Å². The summed E-state index contributed by atoms with van der Waals surface area (Å²) in [6.07, 6.45) is 0.703. The Kier molecular flexibility index (Phi) is 14.2. The van der Waals surface area contributed by atoms with Crippen molar-refractivity contribution in [2.75, 3.05) is 66.8 Å². The highest BCUT2D eigenvalue weighted by Gasteiger charge is 2.06. The van der Waals surface area contributed by atoms with Crippen LogP contribution in [-0.2, 0) is 25.4 Å². The fourth-order valence-electron chi connectivity index (χ4n) is 2.79. The van der Waals surface area contributed by atoms with Gasteiger partial charge in [-0.1, -0.05) is 24.3 Å². The molecule has 0 saturated heterocycles. The largest absolute Gasteiger partial charge is 0.494 e. The minimum Gasteiger partial charge on any atom is -0.494 e. The standard InChI is InChI=1S/C25H36O8/c1-28-13-14-30-20-31-16-15-29-18-23(27)19-33-25-9-5-22(6-10-25)17-21-3-7-24(8-4-21)32-12-2-11-26/h3-10,23,26-27H,2,11-20H2,1H3. The summed E-state index contributed by atoms with van der Waals surface area (Å²) in [4.78, 5) is 0. The molecule has 1 atom stereocenters. The second kappa shape index (κ2) is 17.3. The van der Waals surface area contributed by atoms with E-state index in [1.54, 1.807) is 7.11 Å². The van der Waals surface area contributed by atoms with Crippen molar-refractivity contribution in [3.63, 3.8) is 0 Å². The molecule has 1 unspecified atom stereocenters. The van der Waals surface area contributed by atoms with Crippen molar-refractivity contribution in [2.24, 2.45) is 0 Å². The molecule has 0 aliphatic rings. The van der Waals surface area contributed by atoms with Crippen LogP contribution in [0.1, 0.15) is 17.5 Å². The van der Waals surface area contributed by atoms with E-state index in [1.807, 2.05) is 48.5 Å². The Bertz CT molecular complexity index is 720. The van der Waals surface area contributed by atoms with Crippen LogP contribution in [0.5, 0.6) is 11.5 Å². The summed E-state index contributed by atoms with van der Waals surface area (Å²) in [7, 11) is 1.61. The topological polar surface area (TPSA) is 95.8 Å². The molecule has 0 heterocycles. The number of rotatable bonds is 19. The monoisotopic (exact) mass is 464 g/mol. The highest BCUT2D eigenvalue weighted by Crippen LogP contribution is 2.18. The molecule has 0 aromatic heterocycles. The fourth-order valence-corrected chi connectivity index (χ4v) is 2.79. The third kappa shape index (κ3) is 12.6. The Labute approximate surface area is 196 Å². The van der Waals surface area contributed by atoms with E-state index in [0.29, 0.717) is 45.2 Å². The van der Waals surface area contributed by atoms with Crippen molar-refractivity contribution in [1.82, 2.24) is 0 Å². The van der Waals surface area contributed by atoms with Crippen molar-refractivity contribution >= 4 is 0 Å². The third-order valence-corrected chi connectivity index (χ3v) is 4.55.